The van der Waals surface area contributed by atoms with Gasteiger partial charge in [0.1, 0.15) is 22.5 Å². The van der Waals surface area contributed by atoms with Crippen molar-refractivity contribution in [1.82, 2.24) is 9.97 Å². The topological polar surface area (TPSA) is 52.1 Å². The number of rotatable bonds is 4. The zero-order valence-electron chi connectivity index (χ0n) is 26.0. The summed E-state index contributed by atoms with van der Waals surface area (Å²) in [7, 11) is 0. The summed E-state index contributed by atoms with van der Waals surface area (Å²) in [4.78, 5) is 10.3. The fourth-order valence-electron chi connectivity index (χ4n) is 7.31. The predicted octanol–water partition coefficient (Wildman–Crippen LogP) is 11.9. The normalized spacial score (nSPS) is 12.8. The molecule has 1 aliphatic carbocycles. The minimum Gasteiger partial charge on any atom is -0.456 e. The molecule has 0 saturated heterocycles. The molecular formula is C44H28N2O2. The highest BCUT2D eigenvalue weighted by atomic mass is 16.3. The Kier molecular flexibility index (Phi) is 5.97. The molecule has 10 rings (SSSR count). The maximum atomic E-state index is 6.21. The Morgan fingerprint density at radius 2 is 1.00 bits per heavy atom. The highest BCUT2D eigenvalue weighted by Crippen LogP contribution is 2.40. The van der Waals surface area contributed by atoms with Gasteiger partial charge in [0.2, 0.25) is 0 Å². The van der Waals surface area contributed by atoms with E-state index in [4.69, 9.17) is 18.8 Å². The molecule has 48 heavy (non-hydrogen) atoms. The molecule has 9 aromatic rings. The van der Waals surface area contributed by atoms with Crippen molar-refractivity contribution in [3.63, 3.8) is 0 Å². The van der Waals surface area contributed by atoms with E-state index in [0.29, 0.717) is 0 Å². The fourth-order valence-corrected chi connectivity index (χ4v) is 7.31. The van der Waals surface area contributed by atoms with Gasteiger partial charge in [-0.15, -0.1) is 0 Å². The number of nitrogens with zero attached hydrogens (tertiary/aromatic N) is 2. The number of benzene rings is 6. The van der Waals surface area contributed by atoms with Crippen molar-refractivity contribution >= 4 is 50.0 Å². The first-order valence-electron chi connectivity index (χ1n) is 16.4. The van der Waals surface area contributed by atoms with E-state index < -0.39 is 0 Å². The van der Waals surface area contributed by atoms with Crippen LogP contribution in [0.4, 0.5) is 0 Å². The maximum absolute atomic E-state index is 6.21. The molecule has 0 radical (unpaired) electrons. The average Bonchev–Trinajstić information content (AvgIpc) is 3.73. The van der Waals surface area contributed by atoms with E-state index in [0.717, 1.165) is 96.4 Å². The highest BCUT2D eigenvalue weighted by Gasteiger charge is 2.19. The highest BCUT2D eigenvalue weighted by molar-refractivity contribution is 6.12. The molecule has 0 N–H and O–H groups in total. The van der Waals surface area contributed by atoms with Crippen LogP contribution in [0, 0.1) is 0 Å². The van der Waals surface area contributed by atoms with Gasteiger partial charge in [-0.3, -0.25) is 0 Å². The zero-order valence-corrected chi connectivity index (χ0v) is 26.0. The molecule has 0 fully saturated rings. The number of aryl methyl sites for hydroxylation is 1. The number of furan rings is 2. The van der Waals surface area contributed by atoms with Crippen LogP contribution in [0.1, 0.15) is 17.7 Å². The third-order valence-electron chi connectivity index (χ3n) is 9.59. The van der Waals surface area contributed by atoms with Crippen molar-refractivity contribution in [1.29, 1.82) is 0 Å². The molecule has 6 aromatic carbocycles. The van der Waals surface area contributed by atoms with Crippen molar-refractivity contribution < 1.29 is 8.83 Å². The Morgan fingerprint density at radius 3 is 1.67 bits per heavy atom. The van der Waals surface area contributed by atoms with Gasteiger partial charge in [-0.05, 0) is 71.5 Å². The van der Waals surface area contributed by atoms with Crippen molar-refractivity contribution in [3.8, 4) is 44.8 Å². The van der Waals surface area contributed by atoms with Crippen LogP contribution in [0.2, 0.25) is 0 Å². The van der Waals surface area contributed by atoms with Crippen LogP contribution >= 0.6 is 0 Å². The van der Waals surface area contributed by atoms with Gasteiger partial charge in [-0.25, -0.2) is 9.97 Å². The minimum atomic E-state index is 0.859. The Morgan fingerprint density at radius 1 is 0.458 bits per heavy atom. The van der Waals surface area contributed by atoms with Gasteiger partial charge in [-0.2, -0.15) is 0 Å². The summed E-state index contributed by atoms with van der Waals surface area (Å²) < 4.78 is 12.4. The van der Waals surface area contributed by atoms with Crippen LogP contribution in [-0.4, -0.2) is 9.97 Å². The lowest BCUT2D eigenvalue weighted by molar-refractivity contribution is 0.595. The first kappa shape index (κ1) is 26.9. The average molecular weight is 617 g/mol. The SMILES string of the molecule is C1=Cc2oc3cccc(-c4ccc(-c5nc6ccccc6nc5-c5ccc(-c6cccc7oc8ccccc8c67)cc5)cc4)c3c2CC1. The fraction of sp³-hybridized carbons (Fsp3) is 0.0455. The number of allylic oxidation sites excluding steroid dienone is 1. The molecule has 4 heteroatoms. The van der Waals surface area contributed by atoms with Crippen LogP contribution in [0.5, 0.6) is 0 Å². The van der Waals surface area contributed by atoms with E-state index in [9.17, 15) is 0 Å². The number of para-hydroxylation sites is 3. The molecule has 0 spiro atoms. The first-order chi connectivity index (χ1) is 23.8. The molecule has 4 nitrogen and oxygen atoms in total. The lowest BCUT2D eigenvalue weighted by atomic mass is 9.93. The molecule has 3 heterocycles. The van der Waals surface area contributed by atoms with Gasteiger partial charge < -0.3 is 8.83 Å². The van der Waals surface area contributed by atoms with Crippen molar-refractivity contribution in [2.45, 2.75) is 12.8 Å². The van der Waals surface area contributed by atoms with Crippen molar-refractivity contribution in [2.24, 2.45) is 0 Å². The number of hydrogen-bond acceptors (Lipinski definition) is 4. The maximum Gasteiger partial charge on any atom is 0.136 e. The van der Waals surface area contributed by atoms with Crippen molar-refractivity contribution in [2.75, 3.05) is 0 Å². The third-order valence-corrected chi connectivity index (χ3v) is 9.59. The van der Waals surface area contributed by atoms with Gasteiger partial charge in [0.05, 0.1) is 22.4 Å². The van der Waals surface area contributed by atoms with Gasteiger partial charge in [0.25, 0.3) is 0 Å². The molecule has 226 valence electrons. The molecule has 0 unspecified atom stereocenters. The molecule has 3 aromatic heterocycles. The molecule has 0 aliphatic heterocycles. The summed E-state index contributed by atoms with van der Waals surface area (Å²) >= 11 is 0. The quantitative estimate of drug-likeness (QED) is 0.197. The lowest BCUT2D eigenvalue weighted by Gasteiger charge is -2.13. The Labute approximate surface area is 276 Å². The first-order valence-corrected chi connectivity index (χ1v) is 16.4. The largest absolute Gasteiger partial charge is 0.456 e. The lowest BCUT2D eigenvalue weighted by Crippen LogP contribution is -1.96. The van der Waals surface area contributed by atoms with Gasteiger partial charge in [-0.1, -0.05) is 109 Å². The molecule has 0 bridgehead atoms. The van der Waals surface area contributed by atoms with E-state index in [-0.39, 0.29) is 0 Å². The summed E-state index contributed by atoms with van der Waals surface area (Å²) in [6.07, 6.45) is 6.33. The summed E-state index contributed by atoms with van der Waals surface area (Å²) in [5.41, 5.74) is 14.2. The Bertz CT molecular complexity index is 2710. The zero-order chi connectivity index (χ0) is 31.6. The van der Waals surface area contributed by atoms with E-state index >= 15 is 0 Å². The van der Waals surface area contributed by atoms with Gasteiger partial charge in [0.15, 0.2) is 0 Å². The van der Waals surface area contributed by atoms with Crippen LogP contribution in [0.15, 0.2) is 148 Å². The number of aromatic nitrogens is 2. The molecule has 1 aliphatic rings. The second-order valence-electron chi connectivity index (χ2n) is 12.4. The van der Waals surface area contributed by atoms with Gasteiger partial charge >= 0.3 is 0 Å². The Hall–Kier alpha value is -6.26. The van der Waals surface area contributed by atoms with Gasteiger partial charge in [0, 0.05) is 32.8 Å². The van der Waals surface area contributed by atoms with Crippen LogP contribution in [0.25, 0.3) is 94.8 Å². The molecule has 0 saturated carbocycles. The second-order valence-corrected chi connectivity index (χ2v) is 12.4. The summed E-state index contributed by atoms with van der Waals surface area (Å²) in [6.45, 7) is 0. The van der Waals surface area contributed by atoms with E-state index in [1.54, 1.807) is 0 Å². The van der Waals surface area contributed by atoms with Crippen LogP contribution in [-0.2, 0) is 6.42 Å². The minimum absolute atomic E-state index is 0.859. The summed E-state index contributed by atoms with van der Waals surface area (Å²) in [5.74, 6) is 0.984. The molecular weight excluding hydrogens is 588 g/mol. The third kappa shape index (κ3) is 4.23. The monoisotopic (exact) mass is 616 g/mol. The smallest absolute Gasteiger partial charge is 0.136 e. The molecule has 0 amide bonds. The Balaban J connectivity index is 1.07. The number of fused-ring (bicyclic) bond motifs is 7. The number of hydrogen-bond donors (Lipinski definition) is 0. The van der Waals surface area contributed by atoms with E-state index in [1.807, 2.05) is 42.5 Å². The van der Waals surface area contributed by atoms with E-state index in [2.05, 4.69) is 103 Å². The summed E-state index contributed by atoms with van der Waals surface area (Å²) in [6, 6.07) is 46.3. The van der Waals surface area contributed by atoms with E-state index in [1.165, 1.54) is 16.5 Å². The predicted molar refractivity (Wildman–Crippen MR) is 196 cm³/mol. The standard InChI is InChI=1S/C44H28N2O2/c1-5-15-37-33(9-1)41-31(11-7-17-39(41)47-37)27-19-23-29(24-20-27)43-44(46-36-14-4-3-13-35(36)45-43)30-25-21-28(22-26-30)32-12-8-18-40-42(32)34-10-2-6-16-38(34)48-40/h1,3-9,11-26H,2,10H2. The van der Waals surface area contributed by atoms with Crippen molar-refractivity contribution in [3.05, 3.63) is 151 Å². The summed E-state index contributed by atoms with van der Waals surface area (Å²) in [5, 5.41) is 3.48. The van der Waals surface area contributed by atoms with Crippen LogP contribution in [0.3, 0.4) is 0 Å². The van der Waals surface area contributed by atoms with Crippen LogP contribution < -0.4 is 0 Å². The second kappa shape index (κ2) is 10.6. The molecule has 0 atom stereocenters.